The molecule has 4 heteroatoms. The predicted molar refractivity (Wildman–Crippen MR) is 87.8 cm³/mol. The van der Waals surface area contributed by atoms with Gasteiger partial charge in [0.15, 0.2) is 0 Å². The highest BCUT2D eigenvalue weighted by Gasteiger charge is 2.13. The number of amides is 1. The van der Waals surface area contributed by atoms with Crippen LogP contribution in [0.25, 0.3) is 10.9 Å². The number of nitrogens with zero attached hydrogens (tertiary/aromatic N) is 1. The van der Waals surface area contributed by atoms with E-state index in [1.54, 1.807) is 12.3 Å². The first kappa shape index (κ1) is 15.8. The van der Waals surface area contributed by atoms with Crippen LogP contribution < -0.4 is 5.32 Å². The average molecular weight is 305 g/mol. The van der Waals surface area contributed by atoms with Crippen molar-refractivity contribution in [3.8, 4) is 0 Å². The van der Waals surface area contributed by atoms with Gasteiger partial charge in [-0.25, -0.2) is 0 Å². The molecular weight excluding hydrogens is 284 g/mol. The normalized spacial score (nSPS) is 12.3. The molecule has 1 amide bonds. The van der Waals surface area contributed by atoms with Crippen LogP contribution in [0.2, 0.25) is 0 Å². The molecule has 0 fully saturated rings. The third kappa shape index (κ3) is 4.18. The summed E-state index contributed by atoms with van der Waals surface area (Å²) in [7, 11) is 0. The SMILES string of the molecule is CCCC(CCCl)CNC(=O)c1ccnc2ccccc12. The van der Waals surface area contributed by atoms with Gasteiger partial charge in [-0.1, -0.05) is 31.5 Å². The molecule has 21 heavy (non-hydrogen) atoms. The largest absolute Gasteiger partial charge is 0.352 e. The summed E-state index contributed by atoms with van der Waals surface area (Å²) in [4.78, 5) is 16.7. The van der Waals surface area contributed by atoms with E-state index < -0.39 is 0 Å². The van der Waals surface area contributed by atoms with Crippen molar-refractivity contribution < 1.29 is 4.79 Å². The molecule has 1 aromatic carbocycles. The van der Waals surface area contributed by atoms with Crippen molar-refractivity contribution in [1.29, 1.82) is 0 Å². The number of fused-ring (bicyclic) bond motifs is 1. The molecule has 1 aromatic heterocycles. The summed E-state index contributed by atoms with van der Waals surface area (Å²) in [5, 5.41) is 3.93. The number of nitrogens with one attached hydrogen (secondary N) is 1. The summed E-state index contributed by atoms with van der Waals surface area (Å²) in [6.45, 7) is 2.83. The minimum atomic E-state index is -0.0377. The molecule has 0 aliphatic carbocycles. The van der Waals surface area contributed by atoms with Gasteiger partial charge >= 0.3 is 0 Å². The summed E-state index contributed by atoms with van der Waals surface area (Å²) in [6, 6.07) is 9.47. The van der Waals surface area contributed by atoms with E-state index in [1.165, 1.54) is 0 Å². The maximum absolute atomic E-state index is 12.4. The number of pyridine rings is 1. The Morgan fingerprint density at radius 1 is 1.29 bits per heavy atom. The van der Waals surface area contributed by atoms with Crippen LogP contribution in [0, 0.1) is 5.92 Å². The van der Waals surface area contributed by atoms with Crippen LogP contribution in [-0.4, -0.2) is 23.3 Å². The lowest BCUT2D eigenvalue weighted by Gasteiger charge is -2.16. The van der Waals surface area contributed by atoms with E-state index in [9.17, 15) is 4.79 Å². The Labute approximate surface area is 130 Å². The molecule has 1 N–H and O–H groups in total. The van der Waals surface area contributed by atoms with Crippen molar-refractivity contribution in [2.75, 3.05) is 12.4 Å². The minimum absolute atomic E-state index is 0.0377. The highest BCUT2D eigenvalue weighted by molar-refractivity contribution is 6.17. The Morgan fingerprint density at radius 2 is 2.10 bits per heavy atom. The van der Waals surface area contributed by atoms with Crippen LogP contribution in [0.4, 0.5) is 0 Å². The Morgan fingerprint density at radius 3 is 2.86 bits per heavy atom. The number of hydrogen-bond donors (Lipinski definition) is 1. The van der Waals surface area contributed by atoms with Gasteiger partial charge in [-0.05, 0) is 30.9 Å². The molecule has 1 atom stereocenters. The molecular formula is C17H21ClN2O. The number of aromatic nitrogens is 1. The van der Waals surface area contributed by atoms with Crippen LogP contribution in [0.3, 0.4) is 0 Å². The number of rotatable bonds is 7. The van der Waals surface area contributed by atoms with Crippen molar-refractivity contribution >= 4 is 28.4 Å². The molecule has 0 aliphatic heterocycles. The van der Waals surface area contributed by atoms with E-state index >= 15 is 0 Å². The fourth-order valence-electron chi connectivity index (χ4n) is 2.54. The van der Waals surface area contributed by atoms with Crippen LogP contribution in [0.15, 0.2) is 36.5 Å². The molecule has 112 valence electrons. The lowest BCUT2D eigenvalue weighted by atomic mass is 10.0. The van der Waals surface area contributed by atoms with E-state index in [0.29, 0.717) is 23.9 Å². The zero-order valence-corrected chi connectivity index (χ0v) is 13.1. The molecule has 0 saturated heterocycles. The smallest absolute Gasteiger partial charge is 0.252 e. The summed E-state index contributed by atoms with van der Waals surface area (Å²) in [5.74, 6) is 1.05. The van der Waals surface area contributed by atoms with Crippen molar-refractivity contribution in [1.82, 2.24) is 10.3 Å². The summed E-state index contributed by atoms with van der Waals surface area (Å²) in [6.07, 6.45) is 4.81. The summed E-state index contributed by atoms with van der Waals surface area (Å²) < 4.78 is 0. The van der Waals surface area contributed by atoms with Gasteiger partial charge in [-0.15, -0.1) is 11.6 Å². The lowest BCUT2D eigenvalue weighted by Crippen LogP contribution is -2.29. The highest BCUT2D eigenvalue weighted by Crippen LogP contribution is 2.16. The Balaban J connectivity index is 2.08. The first-order valence-corrected chi connectivity index (χ1v) is 7.97. The first-order valence-electron chi connectivity index (χ1n) is 7.44. The van der Waals surface area contributed by atoms with E-state index in [2.05, 4.69) is 17.2 Å². The van der Waals surface area contributed by atoms with Gasteiger partial charge in [0.25, 0.3) is 5.91 Å². The van der Waals surface area contributed by atoms with Gasteiger partial charge in [0.1, 0.15) is 0 Å². The number of hydrogen-bond acceptors (Lipinski definition) is 2. The number of alkyl halides is 1. The topological polar surface area (TPSA) is 42.0 Å². The molecule has 1 unspecified atom stereocenters. The van der Waals surface area contributed by atoms with E-state index in [1.807, 2.05) is 24.3 Å². The van der Waals surface area contributed by atoms with Crippen LogP contribution in [0.5, 0.6) is 0 Å². The Hall–Kier alpha value is -1.61. The molecule has 2 aromatic rings. The van der Waals surface area contributed by atoms with Crippen LogP contribution in [0.1, 0.15) is 36.5 Å². The number of halogens is 1. The van der Waals surface area contributed by atoms with Gasteiger partial charge in [0.05, 0.1) is 11.1 Å². The molecule has 0 saturated carbocycles. The standard InChI is InChI=1S/C17H21ClN2O/c1-2-5-13(8-10-18)12-20-17(21)15-9-11-19-16-7-4-3-6-14(15)16/h3-4,6-7,9,11,13H,2,5,8,10,12H2,1H3,(H,20,21). The molecule has 0 bridgehead atoms. The van der Waals surface area contributed by atoms with Gasteiger partial charge < -0.3 is 5.32 Å². The average Bonchev–Trinajstić information content (AvgIpc) is 2.52. The number of carbonyl (C=O) groups excluding carboxylic acids is 1. The number of benzene rings is 1. The zero-order chi connectivity index (χ0) is 15.1. The fraction of sp³-hybridized carbons (Fsp3) is 0.412. The monoisotopic (exact) mass is 304 g/mol. The quantitative estimate of drug-likeness (QED) is 0.785. The highest BCUT2D eigenvalue weighted by atomic mass is 35.5. The first-order chi connectivity index (χ1) is 10.3. The fourth-order valence-corrected chi connectivity index (χ4v) is 2.85. The van der Waals surface area contributed by atoms with Crippen molar-refractivity contribution in [3.05, 3.63) is 42.1 Å². The Bertz CT molecular complexity index is 589. The van der Waals surface area contributed by atoms with Crippen LogP contribution in [-0.2, 0) is 0 Å². The minimum Gasteiger partial charge on any atom is -0.352 e. The van der Waals surface area contributed by atoms with Crippen LogP contribution >= 0.6 is 11.6 Å². The third-order valence-corrected chi connectivity index (χ3v) is 3.88. The van der Waals surface area contributed by atoms with Gasteiger partial charge in [-0.3, -0.25) is 9.78 Å². The number of para-hydroxylation sites is 1. The van der Waals surface area contributed by atoms with Gasteiger partial charge in [0, 0.05) is 24.0 Å². The molecule has 2 rings (SSSR count). The molecule has 0 radical (unpaired) electrons. The second-order valence-electron chi connectivity index (χ2n) is 5.22. The second kappa shape index (κ2) is 7.99. The predicted octanol–water partition coefficient (Wildman–Crippen LogP) is 4.01. The van der Waals surface area contributed by atoms with E-state index in [-0.39, 0.29) is 5.91 Å². The van der Waals surface area contributed by atoms with E-state index in [0.717, 1.165) is 30.2 Å². The maximum Gasteiger partial charge on any atom is 0.252 e. The lowest BCUT2D eigenvalue weighted by molar-refractivity contribution is 0.0947. The zero-order valence-electron chi connectivity index (χ0n) is 12.3. The maximum atomic E-state index is 12.4. The molecule has 1 heterocycles. The van der Waals surface area contributed by atoms with E-state index in [4.69, 9.17) is 11.6 Å². The second-order valence-corrected chi connectivity index (χ2v) is 5.60. The van der Waals surface area contributed by atoms with Crippen molar-refractivity contribution in [2.45, 2.75) is 26.2 Å². The number of carbonyl (C=O) groups is 1. The summed E-state index contributed by atoms with van der Waals surface area (Å²) in [5.41, 5.74) is 1.53. The Kier molecular flexibility index (Phi) is 6.00. The molecule has 0 spiro atoms. The molecule has 3 nitrogen and oxygen atoms in total. The summed E-state index contributed by atoms with van der Waals surface area (Å²) >= 11 is 5.82. The van der Waals surface area contributed by atoms with Crippen molar-refractivity contribution in [2.24, 2.45) is 5.92 Å². The van der Waals surface area contributed by atoms with Crippen molar-refractivity contribution in [3.63, 3.8) is 0 Å². The molecule has 0 aliphatic rings. The van der Waals surface area contributed by atoms with Gasteiger partial charge in [-0.2, -0.15) is 0 Å². The van der Waals surface area contributed by atoms with Gasteiger partial charge in [0.2, 0.25) is 0 Å². The third-order valence-electron chi connectivity index (χ3n) is 3.66.